The Kier molecular flexibility index (Phi) is 2.61. The molecule has 0 heterocycles. The molecule has 0 saturated carbocycles. The van der Waals surface area contributed by atoms with Gasteiger partial charge in [-0.25, -0.2) is 0 Å². The zero-order valence-electron chi connectivity index (χ0n) is 7.04. The fourth-order valence-electron chi connectivity index (χ4n) is 0.811. The summed E-state index contributed by atoms with van der Waals surface area (Å²) in [6.45, 7) is 0. The molecule has 1 rings (SSSR count). The van der Waals surface area contributed by atoms with Crippen molar-refractivity contribution >= 4 is 21.7 Å². The Morgan fingerprint density at radius 1 is 1.29 bits per heavy atom. The molecule has 7 heteroatoms. The molecule has 0 spiro atoms. The highest BCUT2D eigenvalue weighted by atomic mass is 32.2. The Morgan fingerprint density at radius 2 is 1.79 bits per heavy atom. The second-order valence-electron chi connectivity index (χ2n) is 2.47. The lowest BCUT2D eigenvalue weighted by Gasteiger charge is -2.03. The molecule has 0 aliphatic rings. The van der Waals surface area contributed by atoms with Crippen molar-refractivity contribution in [1.82, 2.24) is 0 Å². The van der Waals surface area contributed by atoms with Gasteiger partial charge in [-0.2, -0.15) is 12.8 Å². The van der Waals surface area contributed by atoms with Gasteiger partial charge in [0.1, 0.15) is 0 Å². The Hall–Kier alpha value is -1.76. The van der Waals surface area contributed by atoms with E-state index in [0.717, 1.165) is 0 Å². The van der Waals surface area contributed by atoms with Crippen LogP contribution in [0.5, 0.6) is 0 Å². The minimum Gasteiger partial charge on any atom is -0.846 e. The molecule has 0 aliphatic carbocycles. The number of anilines is 1. The van der Waals surface area contributed by atoms with Gasteiger partial charge in [0.15, 0.2) is 0 Å². The van der Waals surface area contributed by atoms with Crippen molar-refractivity contribution in [2.24, 2.45) is 10.1 Å². The molecule has 0 fully saturated rings. The Bertz CT molecular complexity index is 446. The summed E-state index contributed by atoms with van der Waals surface area (Å²) in [5.74, 6) is 0. The minimum atomic E-state index is -3.98. The molecule has 1 aromatic carbocycles. The molecular weight excluding hydrogens is 206 g/mol. The molecule has 0 aromatic heterocycles. The first-order valence-corrected chi connectivity index (χ1v) is 4.99. The third kappa shape index (κ3) is 2.36. The van der Waals surface area contributed by atoms with E-state index in [1.807, 2.05) is 0 Å². The number of nitrogen functional groups attached to an aromatic ring is 1. The van der Waals surface area contributed by atoms with Crippen LogP contribution in [0.1, 0.15) is 0 Å². The lowest BCUT2D eigenvalue weighted by atomic mass is 10.3. The summed E-state index contributed by atoms with van der Waals surface area (Å²) >= 11 is 0. The average molecular weight is 214 g/mol. The van der Waals surface area contributed by atoms with Gasteiger partial charge in [-0.05, 0) is 24.3 Å². The highest BCUT2D eigenvalue weighted by molar-refractivity contribution is 7.90. The van der Waals surface area contributed by atoms with Crippen LogP contribution in [0, 0.1) is 0 Å². The van der Waals surface area contributed by atoms with Crippen LogP contribution in [0.2, 0.25) is 0 Å². The average Bonchev–Trinajstić information content (AvgIpc) is 2.02. The van der Waals surface area contributed by atoms with Gasteiger partial charge in [0.25, 0.3) is 10.0 Å². The molecule has 0 aliphatic heterocycles. The lowest BCUT2D eigenvalue weighted by Crippen LogP contribution is -2.28. The second kappa shape index (κ2) is 3.54. The summed E-state index contributed by atoms with van der Waals surface area (Å²) in [4.78, 5) is -0.120. The van der Waals surface area contributed by atoms with Crippen molar-refractivity contribution in [2.45, 2.75) is 4.90 Å². The molecule has 0 bridgehead atoms. The number of hydrogen-bond acceptors (Lipinski definition) is 4. The summed E-state index contributed by atoms with van der Waals surface area (Å²) in [5.41, 5.74) is 10.4. The molecule has 0 amide bonds. The van der Waals surface area contributed by atoms with Gasteiger partial charge in [-0.1, -0.05) is 0 Å². The van der Waals surface area contributed by atoms with Crippen molar-refractivity contribution in [2.75, 3.05) is 5.73 Å². The summed E-state index contributed by atoms with van der Waals surface area (Å²) < 4.78 is 25.3. The van der Waals surface area contributed by atoms with Crippen LogP contribution in [-0.4, -0.2) is 14.4 Å². The predicted molar refractivity (Wildman–Crippen MR) is 49.7 cm³/mol. The second-order valence-corrected chi connectivity index (χ2v) is 4.08. The summed E-state index contributed by atoms with van der Waals surface area (Å²) in [6, 6.07) is 4.03. The van der Waals surface area contributed by atoms with E-state index in [2.05, 4.69) is 10.1 Å². The smallest absolute Gasteiger partial charge is 0.283 e. The number of sulfonamides is 1. The van der Waals surface area contributed by atoms with E-state index < -0.39 is 16.0 Å². The zero-order chi connectivity index (χ0) is 10.8. The predicted octanol–water partition coefficient (Wildman–Crippen LogP) is -1.37. The Labute approximate surface area is 80.9 Å². The van der Waals surface area contributed by atoms with E-state index in [1.54, 1.807) is 0 Å². The minimum absolute atomic E-state index is 0.120. The van der Waals surface area contributed by atoms with Gasteiger partial charge in [0, 0.05) is 5.69 Å². The molecule has 6 nitrogen and oxygen atoms in total. The van der Waals surface area contributed by atoms with Crippen LogP contribution < -0.4 is 16.6 Å². The third-order valence-electron chi connectivity index (χ3n) is 1.39. The highest BCUT2D eigenvalue weighted by Gasteiger charge is 2.10. The monoisotopic (exact) mass is 214 g/mol. The Morgan fingerprint density at radius 3 is 2.21 bits per heavy atom. The quantitative estimate of drug-likeness (QED) is 0.357. The van der Waals surface area contributed by atoms with Gasteiger partial charge < -0.3 is 16.6 Å². The van der Waals surface area contributed by atoms with Gasteiger partial charge in [0.05, 0.1) is 10.9 Å². The van der Waals surface area contributed by atoms with E-state index in [4.69, 9.17) is 5.73 Å². The lowest BCUT2D eigenvalue weighted by molar-refractivity contribution is -0.216. The molecule has 14 heavy (non-hydrogen) atoms. The molecule has 0 saturated heterocycles. The maximum atomic E-state index is 11.2. The van der Waals surface area contributed by atoms with Gasteiger partial charge >= 0.3 is 0 Å². The maximum absolute atomic E-state index is 11.2. The van der Waals surface area contributed by atoms with Gasteiger partial charge in [-0.3, -0.25) is 0 Å². The molecule has 0 radical (unpaired) electrons. The fourth-order valence-corrected chi connectivity index (χ4v) is 1.63. The van der Waals surface area contributed by atoms with E-state index >= 15 is 0 Å². The number of amidine groups is 1. The van der Waals surface area contributed by atoms with Crippen LogP contribution in [0.3, 0.4) is 0 Å². The van der Waals surface area contributed by atoms with Crippen molar-refractivity contribution < 1.29 is 13.5 Å². The molecule has 1 aromatic rings. The maximum Gasteiger partial charge on any atom is 0.283 e. The standard InChI is InChI=1S/C7H9N3O3S/c8-5-1-3-6(4-2-5)14(12,13)10-7(9)11/h1-4H,8H2,(H3,9,10,11)/p-1. The molecule has 0 atom stereocenters. The first kappa shape index (κ1) is 10.3. The molecule has 0 unspecified atom stereocenters. The normalized spacial score (nSPS) is 12.7. The number of benzene rings is 1. The number of hydrogen-bond donors (Lipinski definition) is 2. The summed E-state index contributed by atoms with van der Waals surface area (Å²) in [6.07, 6.45) is 0. The van der Waals surface area contributed by atoms with E-state index in [9.17, 15) is 13.5 Å². The molecular formula is C7H8N3O3S-. The first-order chi connectivity index (χ1) is 6.42. The largest absolute Gasteiger partial charge is 0.846 e. The third-order valence-corrected chi connectivity index (χ3v) is 2.68. The van der Waals surface area contributed by atoms with Crippen LogP contribution in [-0.2, 0) is 10.0 Å². The van der Waals surface area contributed by atoms with Gasteiger partial charge in [-0.15, -0.1) is 0 Å². The highest BCUT2D eigenvalue weighted by Crippen LogP contribution is 2.13. The van der Waals surface area contributed by atoms with Crippen LogP contribution in [0.4, 0.5) is 5.69 Å². The number of nitrogens with two attached hydrogens (primary N) is 2. The van der Waals surface area contributed by atoms with Crippen molar-refractivity contribution in [3.05, 3.63) is 24.3 Å². The molecule has 4 N–H and O–H groups in total. The van der Waals surface area contributed by atoms with Crippen molar-refractivity contribution in [3.8, 4) is 0 Å². The fraction of sp³-hybridized carbons (Fsp3) is 0. The SMILES string of the molecule is N/C([O-])=N/S(=O)(=O)c1ccc(N)cc1. The molecule has 76 valence electrons. The number of nitrogens with zero attached hydrogens (tertiary/aromatic N) is 1. The van der Waals surface area contributed by atoms with Crippen molar-refractivity contribution in [1.29, 1.82) is 0 Å². The summed E-state index contributed by atoms with van der Waals surface area (Å²) in [7, 11) is -3.98. The number of rotatable bonds is 2. The Balaban J connectivity index is 3.18. The summed E-state index contributed by atoms with van der Waals surface area (Å²) in [5, 5.41) is 10.3. The first-order valence-electron chi connectivity index (χ1n) is 3.55. The van der Waals surface area contributed by atoms with Crippen molar-refractivity contribution in [3.63, 3.8) is 0 Å². The topological polar surface area (TPSA) is 122 Å². The zero-order valence-corrected chi connectivity index (χ0v) is 7.86. The van der Waals surface area contributed by atoms with Crippen LogP contribution >= 0.6 is 0 Å². The van der Waals surface area contributed by atoms with Gasteiger partial charge in [0.2, 0.25) is 0 Å². The van der Waals surface area contributed by atoms with Crippen LogP contribution in [0.15, 0.2) is 33.6 Å². The van der Waals surface area contributed by atoms with Crippen LogP contribution in [0.25, 0.3) is 0 Å². The van der Waals surface area contributed by atoms with E-state index in [1.165, 1.54) is 24.3 Å². The van der Waals surface area contributed by atoms with E-state index in [-0.39, 0.29) is 4.90 Å². The van der Waals surface area contributed by atoms with E-state index in [0.29, 0.717) is 5.69 Å².